The first-order valence-corrected chi connectivity index (χ1v) is 5.23. The number of ether oxygens (including phenoxy) is 2. The number of hydrogen-bond acceptors (Lipinski definition) is 3. The summed E-state index contributed by atoms with van der Waals surface area (Å²) in [5.74, 6) is 0.927. The Morgan fingerprint density at radius 2 is 2.07 bits per heavy atom. The zero-order valence-electron chi connectivity index (χ0n) is 9.14. The van der Waals surface area contributed by atoms with Crippen molar-refractivity contribution in [2.45, 2.75) is 31.6 Å². The maximum absolute atomic E-state index is 5.85. The third-order valence-corrected chi connectivity index (χ3v) is 2.94. The molecule has 3 atom stereocenters. The van der Waals surface area contributed by atoms with E-state index in [1.54, 1.807) is 7.11 Å². The van der Waals surface area contributed by atoms with Gasteiger partial charge in [-0.25, -0.2) is 0 Å². The predicted octanol–water partition coefficient (Wildman–Crippen LogP) is 1.49. The summed E-state index contributed by atoms with van der Waals surface area (Å²) in [4.78, 5) is 0. The van der Waals surface area contributed by atoms with Crippen LogP contribution in [0.15, 0.2) is 24.3 Å². The van der Waals surface area contributed by atoms with Gasteiger partial charge in [0.25, 0.3) is 0 Å². The molecule has 0 spiro atoms. The standard InChI is InChI=1S/C12H17NO2/c1-8-5-3-4-6-10(8)15-11-7-9(13)12(11)14-2/h3-6,9,11-12H,7,13H2,1-2H3. The van der Waals surface area contributed by atoms with Crippen LogP contribution in [0.4, 0.5) is 0 Å². The van der Waals surface area contributed by atoms with Crippen LogP contribution in [-0.2, 0) is 4.74 Å². The Balaban J connectivity index is 2.01. The van der Waals surface area contributed by atoms with E-state index >= 15 is 0 Å². The number of nitrogens with two attached hydrogens (primary N) is 1. The lowest BCUT2D eigenvalue weighted by Gasteiger charge is -2.41. The molecule has 1 aromatic rings. The van der Waals surface area contributed by atoms with Crippen LogP contribution in [0.2, 0.25) is 0 Å². The van der Waals surface area contributed by atoms with Gasteiger partial charge in [0.1, 0.15) is 18.0 Å². The smallest absolute Gasteiger partial charge is 0.128 e. The van der Waals surface area contributed by atoms with E-state index in [0.717, 1.165) is 17.7 Å². The van der Waals surface area contributed by atoms with E-state index in [4.69, 9.17) is 15.2 Å². The summed E-state index contributed by atoms with van der Waals surface area (Å²) in [6.07, 6.45) is 1.00. The number of para-hydroxylation sites is 1. The molecule has 82 valence electrons. The van der Waals surface area contributed by atoms with E-state index in [9.17, 15) is 0 Å². The molecule has 3 nitrogen and oxygen atoms in total. The normalized spacial score (nSPS) is 29.7. The van der Waals surface area contributed by atoms with Crippen molar-refractivity contribution < 1.29 is 9.47 Å². The fourth-order valence-corrected chi connectivity index (χ4v) is 1.91. The lowest BCUT2D eigenvalue weighted by atomic mass is 9.86. The number of rotatable bonds is 3. The van der Waals surface area contributed by atoms with Gasteiger partial charge in [-0.15, -0.1) is 0 Å². The average Bonchev–Trinajstić information content (AvgIpc) is 2.20. The van der Waals surface area contributed by atoms with Crippen molar-refractivity contribution in [1.29, 1.82) is 0 Å². The second-order valence-corrected chi connectivity index (χ2v) is 4.02. The van der Waals surface area contributed by atoms with Crippen molar-refractivity contribution in [2.24, 2.45) is 5.73 Å². The molecule has 15 heavy (non-hydrogen) atoms. The Kier molecular flexibility index (Phi) is 2.93. The minimum atomic E-state index is 0.0320. The highest BCUT2D eigenvalue weighted by Crippen LogP contribution is 2.28. The van der Waals surface area contributed by atoms with Gasteiger partial charge in [-0.3, -0.25) is 0 Å². The third-order valence-electron chi connectivity index (χ3n) is 2.94. The molecule has 3 heteroatoms. The van der Waals surface area contributed by atoms with E-state index in [0.29, 0.717) is 0 Å². The maximum Gasteiger partial charge on any atom is 0.128 e. The molecule has 1 fully saturated rings. The fourth-order valence-electron chi connectivity index (χ4n) is 1.91. The predicted molar refractivity (Wildman–Crippen MR) is 59.0 cm³/mol. The molecular weight excluding hydrogens is 190 g/mol. The Labute approximate surface area is 90.2 Å². The summed E-state index contributed by atoms with van der Waals surface area (Å²) in [7, 11) is 1.68. The van der Waals surface area contributed by atoms with Crippen LogP contribution in [0.5, 0.6) is 5.75 Å². The first-order valence-electron chi connectivity index (χ1n) is 5.23. The fraction of sp³-hybridized carbons (Fsp3) is 0.500. The molecule has 0 amide bonds. The van der Waals surface area contributed by atoms with E-state index < -0.39 is 0 Å². The number of methoxy groups -OCH3 is 1. The highest BCUT2D eigenvalue weighted by atomic mass is 16.5. The summed E-state index contributed by atoms with van der Waals surface area (Å²) in [6.45, 7) is 2.04. The van der Waals surface area contributed by atoms with Crippen molar-refractivity contribution in [2.75, 3.05) is 7.11 Å². The second kappa shape index (κ2) is 4.21. The van der Waals surface area contributed by atoms with Gasteiger partial charge in [-0.05, 0) is 18.6 Å². The summed E-state index contributed by atoms with van der Waals surface area (Å²) in [5.41, 5.74) is 6.96. The highest BCUT2D eigenvalue weighted by molar-refractivity contribution is 5.32. The minimum absolute atomic E-state index is 0.0320. The van der Waals surface area contributed by atoms with Crippen molar-refractivity contribution >= 4 is 0 Å². The molecule has 0 aliphatic heterocycles. The summed E-state index contributed by atoms with van der Waals surface area (Å²) >= 11 is 0. The Bertz CT molecular complexity index is 340. The van der Waals surface area contributed by atoms with Crippen molar-refractivity contribution in [3.05, 3.63) is 29.8 Å². The van der Waals surface area contributed by atoms with Gasteiger partial charge in [0.05, 0.1) is 0 Å². The van der Waals surface area contributed by atoms with Gasteiger partial charge in [0.2, 0.25) is 0 Å². The molecule has 1 aliphatic rings. The zero-order valence-corrected chi connectivity index (χ0v) is 9.14. The van der Waals surface area contributed by atoms with E-state index in [1.165, 1.54) is 0 Å². The summed E-state index contributed by atoms with van der Waals surface area (Å²) < 4.78 is 11.1. The monoisotopic (exact) mass is 207 g/mol. The first-order chi connectivity index (χ1) is 7.22. The molecule has 2 rings (SSSR count). The Morgan fingerprint density at radius 3 is 2.67 bits per heavy atom. The van der Waals surface area contributed by atoms with Crippen LogP contribution in [0.1, 0.15) is 12.0 Å². The molecular formula is C12H17NO2. The number of aryl methyl sites for hydroxylation is 1. The van der Waals surface area contributed by atoms with Crippen LogP contribution in [0, 0.1) is 6.92 Å². The average molecular weight is 207 g/mol. The molecule has 0 aromatic heterocycles. The van der Waals surface area contributed by atoms with E-state index in [2.05, 4.69) is 0 Å². The van der Waals surface area contributed by atoms with Gasteiger partial charge in [0, 0.05) is 19.6 Å². The highest BCUT2D eigenvalue weighted by Gasteiger charge is 2.40. The van der Waals surface area contributed by atoms with Crippen LogP contribution >= 0.6 is 0 Å². The van der Waals surface area contributed by atoms with Gasteiger partial charge < -0.3 is 15.2 Å². The molecule has 1 saturated carbocycles. The van der Waals surface area contributed by atoms with Gasteiger partial charge >= 0.3 is 0 Å². The Morgan fingerprint density at radius 1 is 1.33 bits per heavy atom. The SMILES string of the molecule is COC1C(N)CC1Oc1ccccc1C. The van der Waals surface area contributed by atoms with Crippen molar-refractivity contribution in [3.8, 4) is 5.75 Å². The van der Waals surface area contributed by atoms with Crippen LogP contribution in [0.25, 0.3) is 0 Å². The molecule has 1 aliphatic carbocycles. The molecule has 2 N–H and O–H groups in total. The topological polar surface area (TPSA) is 44.5 Å². The van der Waals surface area contributed by atoms with Crippen LogP contribution in [0.3, 0.4) is 0 Å². The van der Waals surface area contributed by atoms with Gasteiger partial charge in [-0.2, -0.15) is 0 Å². The zero-order chi connectivity index (χ0) is 10.8. The van der Waals surface area contributed by atoms with Gasteiger partial charge in [0.15, 0.2) is 0 Å². The third kappa shape index (κ3) is 1.98. The van der Waals surface area contributed by atoms with Crippen molar-refractivity contribution in [1.82, 2.24) is 0 Å². The minimum Gasteiger partial charge on any atom is -0.487 e. The second-order valence-electron chi connectivity index (χ2n) is 4.02. The molecule has 0 bridgehead atoms. The van der Waals surface area contributed by atoms with Crippen LogP contribution in [-0.4, -0.2) is 25.4 Å². The maximum atomic E-state index is 5.85. The molecule has 0 saturated heterocycles. The largest absolute Gasteiger partial charge is 0.487 e. The molecule has 0 radical (unpaired) electrons. The molecule has 1 aromatic carbocycles. The summed E-state index contributed by atoms with van der Waals surface area (Å²) in [6, 6.07) is 8.11. The van der Waals surface area contributed by atoms with Crippen LogP contribution < -0.4 is 10.5 Å². The van der Waals surface area contributed by atoms with Crippen molar-refractivity contribution in [3.63, 3.8) is 0 Å². The first kappa shape index (κ1) is 10.5. The lowest BCUT2D eigenvalue weighted by molar-refractivity contribution is -0.0784. The summed E-state index contributed by atoms with van der Waals surface area (Å²) in [5, 5.41) is 0. The lowest BCUT2D eigenvalue weighted by Crippen LogP contribution is -2.59. The quantitative estimate of drug-likeness (QED) is 0.816. The van der Waals surface area contributed by atoms with E-state index in [-0.39, 0.29) is 18.2 Å². The molecule has 3 unspecified atom stereocenters. The molecule has 0 heterocycles. The Hall–Kier alpha value is -1.06. The van der Waals surface area contributed by atoms with Gasteiger partial charge in [-0.1, -0.05) is 18.2 Å². The number of benzene rings is 1. The van der Waals surface area contributed by atoms with E-state index in [1.807, 2.05) is 31.2 Å². The number of hydrogen-bond donors (Lipinski definition) is 1.